The zero-order valence-corrected chi connectivity index (χ0v) is 19.5. The van der Waals surface area contributed by atoms with Gasteiger partial charge in [0.15, 0.2) is 0 Å². The lowest BCUT2D eigenvalue weighted by Gasteiger charge is -2.41. The van der Waals surface area contributed by atoms with Crippen LogP contribution in [0.2, 0.25) is 10.0 Å². The number of H-pyrrole nitrogens is 1. The molecule has 0 bridgehead atoms. The number of hydrogen-bond donors (Lipinski definition) is 1. The van der Waals surface area contributed by atoms with E-state index in [0.717, 1.165) is 62.3 Å². The number of rotatable bonds is 3. The molecule has 2 aliphatic heterocycles. The third-order valence-electron chi connectivity index (χ3n) is 6.15. The fourth-order valence-corrected chi connectivity index (χ4v) is 5.80. The molecule has 2 atom stereocenters. The van der Waals surface area contributed by atoms with Gasteiger partial charge in [-0.3, -0.25) is 5.01 Å². The Kier molecular flexibility index (Phi) is 5.05. The maximum absolute atomic E-state index is 6.33. The van der Waals surface area contributed by atoms with Crippen LogP contribution in [0.4, 0.5) is 0 Å². The maximum Gasteiger partial charge on any atom is 0.129 e. The highest BCUT2D eigenvalue weighted by atomic mass is 35.5. The van der Waals surface area contributed by atoms with Crippen molar-refractivity contribution < 1.29 is 0 Å². The summed E-state index contributed by atoms with van der Waals surface area (Å²) in [6.07, 6.45) is 5.76. The van der Waals surface area contributed by atoms with Crippen LogP contribution in [-0.2, 0) is 5.54 Å². The summed E-state index contributed by atoms with van der Waals surface area (Å²) in [5.41, 5.74) is 3.88. The molecule has 1 unspecified atom stereocenters. The Hall–Kier alpha value is -1.66. The lowest BCUT2D eigenvalue weighted by atomic mass is 9.99. The molecule has 1 saturated heterocycles. The normalized spacial score (nSPS) is 24.8. The van der Waals surface area contributed by atoms with Crippen LogP contribution in [0.15, 0.2) is 36.4 Å². The van der Waals surface area contributed by atoms with Gasteiger partial charge < -0.3 is 4.98 Å². The fourth-order valence-electron chi connectivity index (χ4n) is 4.44. The van der Waals surface area contributed by atoms with Crippen molar-refractivity contribution in [3.05, 3.63) is 69.6 Å². The third kappa shape index (κ3) is 3.23. The van der Waals surface area contributed by atoms with Crippen LogP contribution < -0.4 is 0 Å². The van der Waals surface area contributed by atoms with E-state index in [2.05, 4.69) is 41.1 Å². The third-order valence-corrected chi connectivity index (χ3v) is 7.90. The number of aryl methyl sites for hydroxylation is 1. The van der Waals surface area contributed by atoms with Gasteiger partial charge >= 0.3 is 0 Å². The summed E-state index contributed by atoms with van der Waals surface area (Å²) in [5, 5.41) is 6.41. The van der Waals surface area contributed by atoms with E-state index in [-0.39, 0.29) is 10.9 Å². The smallest absolute Gasteiger partial charge is 0.129 e. The van der Waals surface area contributed by atoms with Gasteiger partial charge in [0, 0.05) is 21.5 Å². The van der Waals surface area contributed by atoms with E-state index < -0.39 is 0 Å². The van der Waals surface area contributed by atoms with E-state index in [1.54, 1.807) is 0 Å². The van der Waals surface area contributed by atoms with Gasteiger partial charge in [0.2, 0.25) is 0 Å². The molecule has 3 aromatic rings. The van der Waals surface area contributed by atoms with E-state index >= 15 is 0 Å². The Morgan fingerprint density at radius 3 is 2.90 bits per heavy atom. The number of aromatic amines is 1. The van der Waals surface area contributed by atoms with E-state index in [9.17, 15) is 0 Å². The van der Waals surface area contributed by atoms with Crippen molar-refractivity contribution in [3.8, 4) is 0 Å². The monoisotopic (exact) mass is 457 g/mol. The summed E-state index contributed by atoms with van der Waals surface area (Å²) in [4.78, 5) is 9.68. The molecular formula is C23H23Cl2N4S. The fraction of sp³-hybridized carbons (Fsp3) is 0.348. The first-order chi connectivity index (χ1) is 14.4. The second kappa shape index (κ2) is 7.49. The number of imidazole rings is 1. The van der Waals surface area contributed by atoms with Crippen LogP contribution in [0.25, 0.3) is 15.9 Å². The summed E-state index contributed by atoms with van der Waals surface area (Å²) in [5.74, 6) is 0.982. The van der Waals surface area contributed by atoms with Gasteiger partial charge in [0.1, 0.15) is 5.82 Å². The van der Waals surface area contributed by atoms with Crippen molar-refractivity contribution in [2.45, 2.75) is 44.5 Å². The predicted octanol–water partition coefficient (Wildman–Crippen LogP) is 6.60. The molecule has 30 heavy (non-hydrogen) atoms. The summed E-state index contributed by atoms with van der Waals surface area (Å²) < 4.78 is 0. The number of thioether (sulfide) groups is 1. The van der Waals surface area contributed by atoms with Gasteiger partial charge in [-0.15, -0.1) is 0 Å². The number of hydrogen-bond acceptors (Lipinski definition) is 4. The number of hydrazine groups is 1. The molecule has 0 spiro atoms. The van der Waals surface area contributed by atoms with Crippen molar-refractivity contribution in [3.63, 3.8) is 0 Å². The number of halogens is 2. The zero-order chi connectivity index (χ0) is 21.0. The molecule has 1 radical (unpaired) electrons. The van der Waals surface area contributed by atoms with Gasteiger partial charge in [-0.2, -0.15) is 0 Å². The molecule has 4 nitrogen and oxygen atoms in total. The Bertz CT molecular complexity index is 1160. The summed E-state index contributed by atoms with van der Waals surface area (Å²) >= 11 is 14.4. The number of benzene rings is 2. The molecule has 0 aliphatic carbocycles. The van der Waals surface area contributed by atoms with Crippen molar-refractivity contribution in [1.29, 1.82) is 0 Å². The summed E-state index contributed by atoms with van der Waals surface area (Å²) in [6, 6.07) is 11.9. The molecule has 3 heterocycles. The second-order valence-corrected chi connectivity index (χ2v) is 10.3. The maximum atomic E-state index is 6.33. The molecule has 2 aromatic carbocycles. The lowest BCUT2D eigenvalue weighted by molar-refractivity contribution is -0.0558. The molecule has 7 heteroatoms. The molecule has 0 saturated carbocycles. The first kappa shape index (κ1) is 20.3. The first-order valence-corrected chi connectivity index (χ1v) is 11.8. The second-order valence-electron chi connectivity index (χ2n) is 8.17. The average Bonchev–Trinajstić information content (AvgIpc) is 3.42. The molecule has 2 aliphatic rings. The van der Waals surface area contributed by atoms with Crippen LogP contribution >= 0.6 is 35.0 Å². The highest BCUT2D eigenvalue weighted by molar-refractivity contribution is 8.09. The van der Waals surface area contributed by atoms with Crippen molar-refractivity contribution >= 4 is 50.9 Å². The van der Waals surface area contributed by atoms with Gasteiger partial charge in [0.25, 0.3) is 0 Å². The Balaban J connectivity index is 1.52. The minimum absolute atomic E-state index is 0.233. The van der Waals surface area contributed by atoms with E-state index in [0.29, 0.717) is 0 Å². The molecule has 155 valence electrons. The Morgan fingerprint density at radius 1 is 1.27 bits per heavy atom. The Labute approximate surface area is 191 Å². The minimum atomic E-state index is -0.233. The highest BCUT2D eigenvalue weighted by Crippen LogP contribution is 2.46. The molecule has 5 rings (SSSR count). The molecular weight excluding hydrogens is 435 g/mol. The number of aromatic nitrogens is 2. The van der Waals surface area contributed by atoms with Crippen molar-refractivity contribution in [2.75, 3.05) is 6.54 Å². The standard InChI is InChI=1S/C23H23Cl2N4S/c1-14-18(25)8-9-19-21(14)27-22(26-19)23(3)10-5-11-29(23)28-13-20(30-15(28)2)16-6-4-7-17(24)12-16/h4,6-9,12,15H,5,10-11H2,1-3H3,(H,26,27)/t15?,23-/m0/s1. The van der Waals surface area contributed by atoms with E-state index in [4.69, 9.17) is 28.2 Å². The highest BCUT2D eigenvalue weighted by Gasteiger charge is 2.46. The topological polar surface area (TPSA) is 35.2 Å². The molecule has 1 N–H and O–H groups in total. The van der Waals surface area contributed by atoms with Crippen LogP contribution in [0.1, 0.15) is 43.6 Å². The van der Waals surface area contributed by atoms with Crippen molar-refractivity contribution in [1.82, 2.24) is 20.0 Å². The SMILES string of the molecule is Cc1c(Cl)ccc2[nH]c([C@]3(C)CCCN3N3[C]=C(c4cccc(Cl)c4)SC3C)nc12. The van der Waals surface area contributed by atoms with Crippen molar-refractivity contribution in [2.24, 2.45) is 0 Å². The number of nitrogens with zero attached hydrogens (tertiary/aromatic N) is 3. The summed E-state index contributed by atoms with van der Waals surface area (Å²) in [6.45, 7) is 7.48. The summed E-state index contributed by atoms with van der Waals surface area (Å²) in [7, 11) is 0. The van der Waals surface area contributed by atoms with Crippen LogP contribution in [0.3, 0.4) is 0 Å². The average molecular weight is 458 g/mol. The first-order valence-electron chi connectivity index (χ1n) is 10.1. The number of nitrogens with one attached hydrogen (secondary N) is 1. The van der Waals surface area contributed by atoms with E-state index in [1.165, 1.54) is 0 Å². The quantitative estimate of drug-likeness (QED) is 0.480. The predicted molar refractivity (Wildman–Crippen MR) is 126 cm³/mol. The van der Waals surface area contributed by atoms with Gasteiger partial charge in [-0.1, -0.05) is 47.1 Å². The molecule has 0 amide bonds. The van der Waals surface area contributed by atoms with Crippen LogP contribution in [-0.4, -0.2) is 31.9 Å². The molecule has 1 aromatic heterocycles. The van der Waals surface area contributed by atoms with E-state index in [1.807, 2.05) is 49.0 Å². The number of fused-ring (bicyclic) bond motifs is 1. The van der Waals surface area contributed by atoms with Gasteiger partial charge in [-0.25, -0.2) is 9.99 Å². The Morgan fingerprint density at radius 2 is 2.10 bits per heavy atom. The lowest BCUT2D eigenvalue weighted by Crippen LogP contribution is -2.50. The molecule has 1 fully saturated rings. The van der Waals surface area contributed by atoms with Gasteiger partial charge in [0.05, 0.1) is 28.1 Å². The van der Waals surface area contributed by atoms with Crippen LogP contribution in [0.5, 0.6) is 0 Å². The largest absolute Gasteiger partial charge is 0.340 e. The van der Waals surface area contributed by atoms with Gasteiger partial charge in [-0.05, 0) is 69.0 Å². The zero-order valence-electron chi connectivity index (χ0n) is 17.2. The minimum Gasteiger partial charge on any atom is -0.340 e. The van der Waals surface area contributed by atoms with Crippen LogP contribution in [0, 0.1) is 13.1 Å².